The van der Waals surface area contributed by atoms with E-state index in [1.165, 1.54) is 30.2 Å². The largest absolute Gasteiger partial charge is 0.399 e. The minimum atomic E-state index is 0.225. The van der Waals surface area contributed by atoms with Gasteiger partial charge in [0.25, 0.3) is 0 Å². The number of allylic oxidation sites excluding steroid dienone is 2. The third-order valence-electron chi connectivity index (χ3n) is 6.16. The molecule has 0 heterocycles. The lowest BCUT2D eigenvalue weighted by molar-refractivity contribution is 0.0940. The van der Waals surface area contributed by atoms with Crippen molar-refractivity contribution in [2.45, 2.75) is 37.5 Å². The second-order valence-corrected chi connectivity index (χ2v) is 7.26. The Labute approximate surface area is 130 Å². The first-order valence-corrected chi connectivity index (χ1v) is 8.21. The highest BCUT2D eigenvalue weighted by Gasteiger charge is 2.51. The fourth-order valence-electron chi connectivity index (χ4n) is 5.08. The van der Waals surface area contributed by atoms with Crippen molar-refractivity contribution in [2.75, 3.05) is 5.73 Å². The Balaban J connectivity index is 1.79. The molecule has 1 saturated carbocycles. The molecule has 0 amide bonds. The van der Waals surface area contributed by atoms with Crippen LogP contribution in [0.15, 0.2) is 42.0 Å². The summed E-state index contributed by atoms with van der Waals surface area (Å²) in [7, 11) is 0. The van der Waals surface area contributed by atoms with Crippen LogP contribution in [-0.4, -0.2) is 5.78 Å². The molecule has 2 N–H and O–H groups in total. The number of fused-ring (bicyclic) bond motifs is 6. The first kappa shape index (κ1) is 12.5. The van der Waals surface area contributed by atoms with Crippen LogP contribution in [0.3, 0.4) is 0 Å². The Morgan fingerprint density at radius 2 is 2.05 bits per heavy atom. The molecule has 2 aromatic rings. The number of hydrogen-bond donors (Lipinski definition) is 1. The number of benzene rings is 2. The van der Waals surface area contributed by atoms with Crippen LogP contribution in [0.25, 0.3) is 10.8 Å². The maximum absolute atomic E-state index is 12.5. The topological polar surface area (TPSA) is 43.1 Å². The lowest BCUT2D eigenvalue weighted by Gasteiger charge is -2.41. The lowest BCUT2D eigenvalue weighted by atomic mass is 9.62. The molecule has 0 aromatic heterocycles. The molecule has 2 atom stereocenters. The van der Waals surface area contributed by atoms with Gasteiger partial charge in [-0.1, -0.05) is 17.7 Å². The number of carbonyl (C=O) groups is 1. The average molecular weight is 289 g/mol. The molecule has 2 nitrogen and oxygen atoms in total. The summed E-state index contributed by atoms with van der Waals surface area (Å²) >= 11 is 0. The summed E-state index contributed by atoms with van der Waals surface area (Å²) < 4.78 is 0. The maximum atomic E-state index is 12.5. The standard InChI is InChI=1S/C20H19NO/c21-16-4-2-13-10-18-17(9-14(13)8-16)19(22)5-6-20(18)11-12-1-3-15(20)7-12/h1-2,4,8-10,15H,3,5-7,11,21H2. The fourth-order valence-corrected chi connectivity index (χ4v) is 5.08. The molecule has 3 aliphatic rings. The van der Waals surface area contributed by atoms with Gasteiger partial charge in [0, 0.05) is 23.1 Å². The third-order valence-corrected chi connectivity index (χ3v) is 6.16. The van der Waals surface area contributed by atoms with E-state index in [1.807, 2.05) is 12.1 Å². The van der Waals surface area contributed by atoms with Crippen molar-refractivity contribution in [3.05, 3.63) is 53.1 Å². The Morgan fingerprint density at radius 1 is 1.14 bits per heavy atom. The number of rotatable bonds is 0. The molecule has 2 heteroatoms. The van der Waals surface area contributed by atoms with Gasteiger partial charge in [-0.05, 0) is 72.2 Å². The molecule has 0 saturated heterocycles. The van der Waals surface area contributed by atoms with Crippen LogP contribution in [-0.2, 0) is 5.41 Å². The van der Waals surface area contributed by atoms with Crippen molar-refractivity contribution >= 4 is 22.2 Å². The smallest absolute Gasteiger partial charge is 0.163 e. The van der Waals surface area contributed by atoms with E-state index < -0.39 is 0 Å². The summed E-state index contributed by atoms with van der Waals surface area (Å²) in [5.41, 5.74) is 10.8. The van der Waals surface area contributed by atoms with Gasteiger partial charge >= 0.3 is 0 Å². The quantitative estimate of drug-likeness (QED) is 0.578. The van der Waals surface area contributed by atoms with Gasteiger partial charge in [-0.25, -0.2) is 0 Å². The SMILES string of the molecule is Nc1ccc2cc3c(cc2c1)C(=O)CCC31CC2=CCC1C2. The van der Waals surface area contributed by atoms with E-state index in [9.17, 15) is 4.79 Å². The minimum absolute atomic E-state index is 0.225. The summed E-state index contributed by atoms with van der Waals surface area (Å²) in [6, 6.07) is 10.4. The number of nitrogen functional groups attached to an aromatic ring is 1. The molecular formula is C20H19NO. The van der Waals surface area contributed by atoms with Crippen molar-refractivity contribution < 1.29 is 4.79 Å². The molecule has 1 spiro atoms. The molecule has 2 bridgehead atoms. The fraction of sp³-hybridized carbons (Fsp3) is 0.350. The highest BCUT2D eigenvalue weighted by atomic mass is 16.1. The summed E-state index contributed by atoms with van der Waals surface area (Å²) in [4.78, 5) is 12.5. The van der Waals surface area contributed by atoms with Gasteiger partial charge in [0.15, 0.2) is 5.78 Å². The van der Waals surface area contributed by atoms with Crippen molar-refractivity contribution in [3.8, 4) is 0 Å². The Kier molecular flexibility index (Phi) is 2.27. The molecule has 0 aliphatic heterocycles. The first-order valence-electron chi connectivity index (χ1n) is 8.21. The molecule has 22 heavy (non-hydrogen) atoms. The zero-order valence-corrected chi connectivity index (χ0v) is 12.6. The predicted molar refractivity (Wildman–Crippen MR) is 89.0 cm³/mol. The predicted octanol–water partition coefficient (Wildman–Crippen LogP) is 4.38. The van der Waals surface area contributed by atoms with Crippen molar-refractivity contribution in [1.82, 2.24) is 0 Å². The van der Waals surface area contributed by atoms with Gasteiger partial charge in [0.1, 0.15) is 0 Å². The van der Waals surface area contributed by atoms with Crippen LogP contribution < -0.4 is 5.73 Å². The van der Waals surface area contributed by atoms with Crippen molar-refractivity contribution in [1.29, 1.82) is 0 Å². The summed E-state index contributed by atoms with van der Waals surface area (Å²) in [6.07, 6.45) is 7.76. The highest BCUT2D eigenvalue weighted by Crippen LogP contribution is 2.58. The molecular weight excluding hydrogens is 270 g/mol. The van der Waals surface area contributed by atoms with Gasteiger partial charge in [0.05, 0.1) is 0 Å². The number of nitrogens with two attached hydrogens (primary N) is 1. The zero-order valence-electron chi connectivity index (χ0n) is 12.6. The molecule has 0 radical (unpaired) electrons. The maximum Gasteiger partial charge on any atom is 0.163 e. The number of ketones is 1. The highest BCUT2D eigenvalue weighted by molar-refractivity contribution is 6.03. The van der Waals surface area contributed by atoms with Crippen LogP contribution in [0.5, 0.6) is 0 Å². The molecule has 3 aliphatic carbocycles. The molecule has 1 fully saturated rings. The van der Waals surface area contributed by atoms with E-state index >= 15 is 0 Å². The molecule has 2 unspecified atom stereocenters. The second kappa shape index (κ2) is 4.01. The number of Topliss-reactive ketones (excluding diaryl/α,β-unsaturated/α-hetero) is 1. The average Bonchev–Trinajstić information content (AvgIpc) is 3.11. The lowest BCUT2D eigenvalue weighted by Crippen LogP contribution is -2.37. The van der Waals surface area contributed by atoms with Crippen LogP contribution in [0.2, 0.25) is 0 Å². The number of anilines is 1. The van der Waals surface area contributed by atoms with Gasteiger partial charge in [-0.15, -0.1) is 0 Å². The van der Waals surface area contributed by atoms with Crippen LogP contribution in [0.4, 0.5) is 5.69 Å². The molecule has 2 aromatic carbocycles. The van der Waals surface area contributed by atoms with E-state index in [0.29, 0.717) is 18.1 Å². The van der Waals surface area contributed by atoms with E-state index in [0.717, 1.165) is 23.1 Å². The van der Waals surface area contributed by atoms with Crippen molar-refractivity contribution in [3.63, 3.8) is 0 Å². The third kappa shape index (κ3) is 1.48. The van der Waals surface area contributed by atoms with Gasteiger partial charge in [-0.3, -0.25) is 4.79 Å². The normalized spacial score (nSPS) is 29.2. The number of carbonyl (C=O) groups excluding carboxylic acids is 1. The monoisotopic (exact) mass is 289 g/mol. The molecule has 5 rings (SSSR count). The minimum Gasteiger partial charge on any atom is -0.399 e. The Morgan fingerprint density at radius 3 is 2.82 bits per heavy atom. The summed E-state index contributed by atoms with van der Waals surface area (Å²) in [5, 5.41) is 2.30. The summed E-state index contributed by atoms with van der Waals surface area (Å²) in [6.45, 7) is 0. The van der Waals surface area contributed by atoms with Gasteiger partial charge in [-0.2, -0.15) is 0 Å². The number of hydrogen-bond acceptors (Lipinski definition) is 2. The van der Waals surface area contributed by atoms with Crippen molar-refractivity contribution in [2.24, 2.45) is 5.92 Å². The van der Waals surface area contributed by atoms with E-state index in [4.69, 9.17) is 5.73 Å². The second-order valence-electron chi connectivity index (χ2n) is 7.26. The van der Waals surface area contributed by atoms with E-state index in [2.05, 4.69) is 24.3 Å². The van der Waals surface area contributed by atoms with E-state index in [-0.39, 0.29) is 5.41 Å². The van der Waals surface area contributed by atoms with Crippen LogP contribution in [0, 0.1) is 5.92 Å². The first-order chi connectivity index (χ1) is 10.7. The Bertz CT molecular complexity index is 863. The molecule has 110 valence electrons. The Hall–Kier alpha value is -2.09. The van der Waals surface area contributed by atoms with Crippen LogP contribution in [0.1, 0.15) is 48.0 Å². The summed E-state index contributed by atoms with van der Waals surface area (Å²) in [5.74, 6) is 1.02. The van der Waals surface area contributed by atoms with Gasteiger partial charge in [0.2, 0.25) is 0 Å². The zero-order chi connectivity index (χ0) is 14.9. The van der Waals surface area contributed by atoms with Gasteiger partial charge < -0.3 is 5.73 Å². The van der Waals surface area contributed by atoms with Crippen LogP contribution >= 0.6 is 0 Å². The van der Waals surface area contributed by atoms with E-state index in [1.54, 1.807) is 5.57 Å².